The Morgan fingerprint density at radius 1 is 0.936 bits per heavy atom. The first-order valence-corrected chi connectivity index (χ1v) is 15.6. The summed E-state index contributed by atoms with van der Waals surface area (Å²) >= 11 is 0. The van der Waals surface area contributed by atoms with E-state index >= 15 is 4.39 Å². The second kappa shape index (κ2) is 13.8. The summed E-state index contributed by atoms with van der Waals surface area (Å²) in [7, 11) is 0. The molecule has 1 saturated carbocycles. The Balaban J connectivity index is 0.00000433. The minimum Gasteiger partial charge on any atom is -0.342 e. The van der Waals surface area contributed by atoms with Crippen molar-refractivity contribution in [3.8, 4) is 11.1 Å². The predicted octanol–water partition coefficient (Wildman–Crippen LogP) is 5.42. The molecule has 0 aliphatic heterocycles. The van der Waals surface area contributed by atoms with E-state index in [0.29, 0.717) is 64.5 Å². The lowest BCUT2D eigenvalue weighted by molar-refractivity contribution is -0.130. The fourth-order valence-corrected chi connectivity index (χ4v) is 6.27. The Bertz CT molecular complexity index is 1980. The minimum atomic E-state index is -1.08. The van der Waals surface area contributed by atoms with Crippen LogP contribution in [0.3, 0.4) is 0 Å². The van der Waals surface area contributed by atoms with Crippen molar-refractivity contribution < 1.29 is 18.4 Å². The lowest BCUT2D eigenvalue weighted by Crippen LogP contribution is -2.50. The lowest BCUT2D eigenvalue weighted by Gasteiger charge is -2.32. The molecule has 2 aromatic heterocycles. The molecule has 2 heterocycles. The Labute approximate surface area is 275 Å². The van der Waals surface area contributed by atoms with Crippen molar-refractivity contribution in [1.82, 2.24) is 19.9 Å². The second-order valence-electron chi connectivity index (χ2n) is 12.5. The molecular formula is C34H38ClF2N7O3. The van der Waals surface area contributed by atoms with E-state index in [2.05, 4.69) is 19.9 Å². The number of nitrogens with two attached hydrogens (primary N) is 2. The normalized spacial score (nSPS) is 17.2. The number of anilines is 1. The number of hydrogen-bond donors (Lipinski definition) is 5. The summed E-state index contributed by atoms with van der Waals surface area (Å²) in [6.45, 7) is 4.38. The Morgan fingerprint density at radius 2 is 1.62 bits per heavy atom. The third-order valence-electron chi connectivity index (χ3n) is 8.99. The van der Waals surface area contributed by atoms with E-state index in [0.717, 1.165) is 17.7 Å². The van der Waals surface area contributed by atoms with Crippen molar-refractivity contribution in [3.05, 3.63) is 82.0 Å². The molecule has 6 rings (SSSR count). The van der Waals surface area contributed by atoms with Gasteiger partial charge in [-0.05, 0) is 80.0 Å². The molecule has 0 spiro atoms. The van der Waals surface area contributed by atoms with E-state index in [1.54, 1.807) is 42.5 Å². The molecule has 2 amide bonds. The molecule has 13 heteroatoms. The van der Waals surface area contributed by atoms with Crippen LogP contribution in [0, 0.1) is 23.5 Å². The Hall–Kier alpha value is -4.39. The van der Waals surface area contributed by atoms with Gasteiger partial charge in [0.2, 0.25) is 5.91 Å². The number of imidazole rings is 2. The molecule has 5 aromatic rings. The number of fused-ring (bicyclic) bond motifs is 2. The zero-order valence-electron chi connectivity index (χ0n) is 26.1. The van der Waals surface area contributed by atoms with E-state index in [1.807, 2.05) is 13.8 Å². The number of hydrogen-bond acceptors (Lipinski definition) is 6. The van der Waals surface area contributed by atoms with E-state index in [9.17, 15) is 18.8 Å². The Morgan fingerprint density at radius 3 is 2.28 bits per heavy atom. The van der Waals surface area contributed by atoms with Crippen LogP contribution in [0.2, 0.25) is 0 Å². The Kier molecular flexibility index (Phi) is 9.94. The fourth-order valence-electron chi connectivity index (χ4n) is 6.27. The average Bonchev–Trinajstić information content (AvgIpc) is 3.66. The van der Waals surface area contributed by atoms with Crippen LogP contribution in [-0.2, 0) is 16.0 Å². The molecule has 0 saturated heterocycles. The van der Waals surface area contributed by atoms with Gasteiger partial charge >= 0.3 is 5.69 Å². The first kappa shape index (κ1) is 34.0. The number of carbonyl (C=O) groups excluding carboxylic acids is 2. The fraction of sp³-hybridized carbons (Fsp3) is 0.353. The molecule has 47 heavy (non-hydrogen) atoms. The van der Waals surface area contributed by atoms with Gasteiger partial charge in [0.1, 0.15) is 11.3 Å². The van der Waals surface area contributed by atoms with Crippen LogP contribution in [0.5, 0.6) is 0 Å². The lowest BCUT2D eigenvalue weighted by atomic mass is 9.81. The van der Waals surface area contributed by atoms with Crippen LogP contribution in [0.15, 0.2) is 53.3 Å². The molecule has 0 bridgehead atoms. The van der Waals surface area contributed by atoms with Gasteiger partial charge in [-0.25, -0.2) is 23.5 Å². The summed E-state index contributed by atoms with van der Waals surface area (Å²) in [6, 6.07) is 12.0. The van der Waals surface area contributed by atoms with Crippen LogP contribution < -0.4 is 22.1 Å². The number of aromatic nitrogens is 4. The molecule has 248 valence electrons. The van der Waals surface area contributed by atoms with Crippen molar-refractivity contribution in [3.63, 3.8) is 0 Å². The van der Waals surface area contributed by atoms with Crippen molar-refractivity contribution in [2.24, 2.45) is 23.3 Å². The van der Waals surface area contributed by atoms with E-state index in [-0.39, 0.29) is 47.7 Å². The topological polar surface area (TPSA) is 167 Å². The van der Waals surface area contributed by atoms with Gasteiger partial charge in [0, 0.05) is 17.4 Å². The largest absolute Gasteiger partial charge is 0.342 e. The van der Waals surface area contributed by atoms with Crippen LogP contribution in [0.1, 0.15) is 56.8 Å². The maximum Gasteiger partial charge on any atom is 0.323 e. The number of amides is 2. The number of carbonyl (C=O) groups is 2. The number of H-pyrrole nitrogens is 3. The second-order valence-corrected chi connectivity index (χ2v) is 12.5. The summed E-state index contributed by atoms with van der Waals surface area (Å²) < 4.78 is 30.0. The maximum atomic E-state index is 15.1. The predicted molar refractivity (Wildman–Crippen MR) is 180 cm³/mol. The molecule has 7 N–H and O–H groups in total. The summed E-state index contributed by atoms with van der Waals surface area (Å²) in [6.07, 6.45) is 2.93. The van der Waals surface area contributed by atoms with Gasteiger partial charge in [-0.1, -0.05) is 38.1 Å². The van der Waals surface area contributed by atoms with Crippen LogP contribution in [0.25, 0.3) is 33.2 Å². The standard InChI is InChI=1S/C34H37F2N7O3.ClH/c1-17(2)31-39-27-15-23(28(35)29(36)30(27)42-31)20-7-3-18(4-8-20)13-24(38)33(45)43(32(44)21-9-5-19(16-37)6-10-21)22-11-12-25-26(14-22)41-34(46)40-25;/h3-4,7-8,11-12,14-15,17,19,21,24H,5-6,9-10,13,16,37-38H2,1-2H3,(H,39,42)(H2,40,41,46);1H/t19-,21-,24-;/m0./s1. The molecule has 0 unspecified atom stereocenters. The number of rotatable bonds is 8. The van der Waals surface area contributed by atoms with E-state index in [1.165, 1.54) is 6.07 Å². The van der Waals surface area contributed by atoms with Crippen molar-refractivity contribution in [2.75, 3.05) is 11.4 Å². The van der Waals surface area contributed by atoms with E-state index < -0.39 is 29.3 Å². The minimum absolute atomic E-state index is 0. The third kappa shape index (κ3) is 6.71. The SMILES string of the molecule is CC(C)c1nc2c(F)c(F)c(-c3ccc(C[C@H](N)C(=O)N(c4ccc5[nH]c(=O)[nH]c5c4)C(=O)[C@H]4CC[C@H](CN)CC4)cc3)cc2[nH]1.Cl. The van der Waals surface area contributed by atoms with Gasteiger partial charge in [0.15, 0.2) is 11.6 Å². The highest BCUT2D eigenvalue weighted by atomic mass is 35.5. The third-order valence-corrected chi connectivity index (χ3v) is 8.99. The number of benzene rings is 3. The monoisotopic (exact) mass is 665 g/mol. The molecule has 3 aromatic carbocycles. The zero-order chi connectivity index (χ0) is 32.7. The molecule has 1 aliphatic rings. The first-order chi connectivity index (χ1) is 22.0. The molecule has 1 fully saturated rings. The molecule has 1 atom stereocenters. The number of nitrogens with one attached hydrogen (secondary N) is 3. The number of nitrogens with zero attached hydrogens (tertiary/aromatic N) is 2. The van der Waals surface area contributed by atoms with Gasteiger partial charge < -0.3 is 26.4 Å². The van der Waals surface area contributed by atoms with Gasteiger partial charge in [-0.15, -0.1) is 12.4 Å². The average molecular weight is 666 g/mol. The van der Waals surface area contributed by atoms with Crippen LogP contribution in [0.4, 0.5) is 14.5 Å². The number of aromatic amines is 3. The van der Waals surface area contributed by atoms with Crippen molar-refractivity contribution >= 4 is 52.0 Å². The van der Waals surface area contributed by atoms with Crippen LogP contribution in [-0.4, -0.2) is 44.3 Å². The highest BCUT2D eigenvalue weighted by Crippen LogP contribution is 2.33. The molecule has 0 radical (unpaired) electrons. The van der Waals surface area contributed by atoms with Crippen LogP contribution >= 0.6 is 12.4 Å². The summed E-state index contributed by atoms with van der Waals surface area (Å²) in [5.41, 5.74) is 14.8. The maximum absolute atomic E-state index is 15.1. The van der Waals surface area contributed by atoms with Crippen molar-refractivity contribution in [2.45, 2.75) is 57.9 Å². The smallest absolute Gasteiger partial charge is 0.323 e. The highest BCUT2D eigenvalue weighted by Gasteiger charge is 2.35. The van der Waals surface area contributed by atoms with Gasteiger partial charge in [-0.2, -0.15) is 0 Å². The van der Waals surface area contributed by atoms with E-state index in [4.69, 9.17) is 11.5 Å². The highest BCUT2D eigenvalue weighted by molar-refractivity contribution is 6.17. The van der Waals surface area contributed by atoms with Crippen molar-refractivity contribution in [1.29, 1.82) is 0 Å². The summed E-state index contributed by atoms with van der Waals surface area (Å²) in [5, 5.41) is 0. The quantitative estimate of drug-likeness (QED) is 0.148. The summed E-state index contributed by atoms with van der Waals surface area (Å²) in [4.78, 5) is 53.4. The summed E-state index contributed by atoms with van der Waals surface area (Å²) in [5.74, 6) is -2.36. The molecule has 10 nitrogen and oxygen atoms in total. The molecule has 1 aliphatic carbocycles. The van der Waals surface area contributed by atoms with Gasteiger partial charge in [-0.3, -0.25) is 9.59 Å². The molecular weight excluding hydrogens is 628 g/mol. The number of imide groups is 1. The first-order valence-electron chi connectivity index (χ1n) is 15.6. The number of halogens is 3. The van der Waals surface area contributed by atoms with Gasteiger partial charge in [0.25, 0.3) is 5.91 Å². The van der Waals surface area contributed by atoms with Gasteiger partial charge in [0.05, 0.1) is 28.3 Å². The zero-order valence-corrected chi connectivity index (χ0v) is 26.9.